The average Bonchev–Trinajstić information content (AvgIpc) is 3.93. The van der Waals surface area contributed by atoms with Gasteiger partial charge in [0, 0.05) is 66.5 Å². The largest absolute Gasteiger partial charge is 0.509 e. The van der Waals surface area contributed by atoms with E-state index >= 15 is 0 Å². The fourth-order valence-electron chi connectivity index (χ4n) is 9.04. The Bertz CT molecular complexity index is 3250. The van der Waals surface area contributed by atoms with Crippen LogP contribution in [0.3, 0.4) is 0 Å². The molecule has 0 fully saturated rings. The summed E-state index contributed by atoms with van der Waals surface area (Å²) in [6.07, 6.45) is 4.14. The standard InChI is InChI=1S/C61H55N4O.Pt/c1-59(2,3)47-31-32-62-58(37-47)65-55-30-27-44(42-19-12-9-13-20-42)35-54(55)53-29-28-52(39-56(53)65)66-51-26-18-25-49(38-51)63-40-57(60(4,5)6)64(41-63)50-34-45(43-21-14-10-15-22-43)33-48(36-50)61(7,8)46-23-16-11-17-24-46;/h9-37,40-41H,1-8H3;/q-3;. The number of allylic oxidation sites excluding steroid dienone is 1. The Morgan fingerprint density at radius 2 is 1.19 bits per heavy atom. The maximum atomic E-state index is 6.69. The molecule has 1 aliphatic rings. The molecule has 1 aliphatic heterocycles. The summed E-state index contributed by atoms with van der Waals surface area (Å²) >= 11 is 0. The molecule has 0 unspecified atom stereocenters. The van der Waals surface area contributed by atoms with Crippen LogP contribution in [-0.4, -0.2) is 9.55 Å². The van der Waals surface area contributed by atoms with Crippen LogP contribution >= 0.6 is 0 Å². The molecule has 338 valence electrons. The van der Waals surface area contributed by atoms with E-state index < -0.39 is 0 Å². The average molecular weight is 1060 g/mol. The third kappa shape index (κ3) is 8.98. The zero-order valence-corrected chi connectivity index (χ0v) is 41.7. The topological polar surface area (TPSA) is 33.5 Å². The molecule has 0 bridgehead atoms. The van der Waals surface area contributed by atoms with Crippen LogP contribution in [0.15, 0.2) is 188 Å². The van der Waals surface area contributed by atoms with Gasteiger partial charge in [0.1, 0.15) is 5.82 Å². The van der Waals surface area contributed by atoms with Crippen molar-refractivity contribution in [3.05, 3.63) is 223 Å². The van der Waals surface area contributed by atoms with Crippen LogP contribution in [0.2, 0.25) is 0 Å². The number of hydrogen-bond acceptors (Lipinski definition) is 4. The van der Waals surface area contributed by atoms with E-state index in [1.807, 2.05) is 24.4 Å². The zero-order valence-electron chi connectivity index (χ0n) is 39.4. The van der Waals surface area contributed by atoms with E-state index in [1.54, 1.807) is 0 Å². The molecule has 0 amide bonds. The summed E-state index contributed by atoms with van der Waals surface area (Å²) in [5.41, 5.74) is 13.1. The molecule has 9 aromatic rings. The molecule has 0 N–H and O–H groups in total. The summed E-state index contributed by atoms with van der Waals surface area (Å²) in [4.78, 5) is 9.42. The van der Waals surface area contributed by atoms with Crippen molar-refractivity contribution in [3.8, 4) is 39.6 Å². The number of anilines is 2. The van der Waals surface area contributed by atoms with E-state index in [0.717, 1.165) is 44.6 Å². The van der Waals surface area contributed by atoms with E-state index in [2.05, 4.69) is 246 Å². The number of nitrogens with zero attached hydrogens (tertiary/aromatic N) is 4. The Hall–Kier alpha value is -6.68. The number of rotatable bonds is 9. The number of fused-ring (bicyclic) bond motifs is 3. The summed E-state index contributed by atoms with van der Waals surface area (Å²) in [5, 5.41) is 2.21. The Morgan fingerprint density at radius 3 is 1.88 bits per heavy atom. The predicted octanol–water partition coefficient (Wildman–Crippen LogP) is 15.9. The van der Waals surface area contributed by atoms with Crippen LogP contribution in [0.5, 0.6) is 11.5 Å². The first-order valence-electron chi connectivity index (χ1n) is 22.9. The summed E-state index contributed by atoms with van der Waals surface area (Å²) in [7, 11) is 0. The molecule has 0 spiro atoms. The third-order valence-corrected chi connectivity index (χ3v) is 12.9. The van der Waals surface area contributed by atoms with Gasteiger partial charge in [-0.15, -0.1) is 48.1 Å². The van der Waals surface area contributed by atoms with Crippen molar-refractivity contribution in [2.45, 2.75) is 66.2 Å². The van der Waals surface area contributed by atoms with Crippen LogP contribution in [0, 0.1) is 24.2 Å². The second-order valence-electron chi connectivity index (χ2n) is 20.0. The molecule has 0 aliphatic carbocycles. The van der Waals surface area contributed by atoms with Crippen molar-refractivity contribution < 1.29 is 25.8 Å². The molecule has 0 saturated carbocycles. The van der Waals surface area contributed by atoms with Crippen LogP contribution < -0.4 is 14.5 Å². The van der Waals surface area contributed by atoms with Gasteiger partial charge in [0.05, 0.1) is 0 Å². The summed E-state index contributed by atoms with van der Waals surface area (Å²) < 4.78 is 8.91. The van der Waals surface area contributed by atoms with E-state index in [1.165, 1.54) is 39.1 Å². The first-order valence-corrected chi connectivity index (χ1v) is 22.9. The van der Waals surface area contributed by atoms with Gasteiger partial charge in [-0.05, 0) is 86.3 Å². The van der Waals surface area contributed by atoms with Crippen molar-refractivity contribution in [3.63, 3.8) is 0 Å². The maximum absolute atomic E-state index is 6.69. The van der Waals surface area contributed by atoms with E-state index in [0.29, 0.717) is 11.5 Å². The van der Waals surface area contributed by atoms with E-state index in [9.17, 15) is 0 Å². The number of aromatic nitrogens is 2. The van der Waals surface area contributed by atoms with Gasteiger partial charge in [0.15, 0.2) is 0 Å². The molecule has 67 heavy (non-hydrogen) atoms. The first-order chi connectivity index (χ1) is 31.7. The molecule has 6 heteroatoms. The Kier molecular flexibility index (Phi) is 12.1. The maximum Gasteiger partial charge on any atom is 0.135 e. The van der Waals surface area contributed by atoms with Crippen LogP contribution in [0.1, 0.15) is 72.1 Å². The minimum atomic E-state index is -0.238. The van der Waals surface area contributed by atoms with Crippen LogP contribution in [-0.2, 0) is 31.9 Å². The molecule has 10 rings (SSSR count). The third-order valence-electron chi connectivity index (χ3n) is 12.9. The SMILES string of the molecule is CC(C)(C)C1=CN(c2[c-]c(Oc3[c-]c4c(cc3)c3cc(-c5ccccc5)ccc3n4-c3cc(C(C)(C)C)ccn3)ccc2)[CH-]N1c1cc(-c2ccccc2)cc(C(C)(C)c2ccccc2)c1.[Pt]. The zero-order chi connectivity index (χ0) is 45.8. The number of pyridine rings is 1. The molecule has 0 radical (unpaired) electrons. The van der Waals surface area contributed by atoms with Crippen LogP contribution in [0.25, 0.3) is 49.9 Å². The molecule has 5 nitrogen and oxygen atoms in total. The first kappa shape index (κ1) is 45.5. The van der Waals surface area contributed by atoms with Gasteiger partial charge in [-0.3, -0.25) is 0 Å². The van der Waals surface area contributed by atoms with Gasteiger partial charge in [-0.1, -0.05) is 170 Å². The summed E-state index contributed by atoms with van der Waals surface area (Å²) in [6, 6.07) is 67.5. The monoisotopic (exact) mass is 1050 g/mol. The number of hydrogen-bond donors (Lipinski definition) is 0. The molecule has 3 heterocycles. The molecule has 0 atom stereocenters. The smallest absolute Gasteiger partial charge is 0.135 e. The van der Waals surface area contributed by atoms with Crippen molar-refractivity contribution in [1.82, 2.24) is 9.55 Å². The normalized spacial score (nSPS) is 13.2. The van der Waals surface area contributed by atoms with Gasteiger partial charge < -0.3 is 19.1 Å². The molecular weight excluding hydrogens is 1000 g/mol. The van der Waals surface area contributed by atoms with Gasteiger partial charge in [0.2, 0.25) is 0 Å². The van der Waals surface area contributed by atoms with Gasteiger partial charge in [-0.2, -0.15) is 12.1 Å². The van der Waals surface area contributed by atoms with E-state index in [4.69, 9.17) is 9.72 Å². The van der Waals surface area contributed by atoms with Crippen molar-refractivity contribution in [2.75, 3.05) is 9.80 Å². The summed E-state index contributed by atoms with van der Waals surface area (Å²) in [6.45, 7) is 20.3. The van der Waals surface area contributed by atoms with Crippen molar-refractivity contribution in [2.24, 2.45) is 5.41 Å². The Morgan fingerprint density at radius 1 is 0.522 bits per heavy atom. The molecule has 2 aromatic heterocycles. The minimum absolute atomic E-state index is 0. The second kappa shape index (κ2) is 17.8. The fraction of sp³-hybridized carbons (Fsp3) is 0.180. The Labute approximate surface area is 410 Å². The second-order valence-corrected chi connectivity index (χ2v) is 20.0. The molecule has 7 aromatic carbocycles. The van der Waals surface area contributed by atoms with E-state index in [-0.39, 0.29) is 37.3 Å². The van der Waals surface area contributed by atoms with Crippen LogP contribution in [0.4, 0.5) is 11.4 Å². The number of benzene rings is 7. The van der Waals surface area contributed by atoms with Gasteiger partial charge in [-0.25, -0.2) is 4.98 Å². The van der Waals surface area contributed by atoms with Gasteiger partial charge in [0.25, 0.3) is 0 Å². The van der Waals surface area contributed by atoms with Gasteiger partial charge >= 0.3 is 0 Å². The quantitative estimate of drug-likeness (QED) is 0.135. The molecule has 0 saturated heterocycles. The molecular formula is C61H55N4OPt-3. The minimum Gasteiger partial charge on any atom is -0.509 e. The fourth-order valence-corrected chi connectivity index (χ4v) is 9.04. The number of ether oxygens (including phenoxy) is 1. The summed E-state index contributed by atoms with van der Waals surface area (Å²) in [5.74, 6) is 2.04. The predicted molar refractivity (Wildman–Crippen MR) is 274 cm³/mol. The van der Waals surface area contributed by atoms with Crippen molar-refractivity contribution >= 4 is 33.2 Å². The Balaban J connectivity index is 0.00000562. The van der Waals surface area contributed by atoms with Crippen molar-refractivity contribution in [1.29, 1.82) is 0 Å².